The molecule has 0 atom stereocenters. The van der Waals surface area contributed by atoms with Crippen molar-refractivity contribution >= 4 is 29.4 Å². The van der Waals surface area contributed by atoms with Crippen LogP contribution in [0, 0.1) is 0 Å². The van der Waals surface area contributed by atoms with E-state index in [-0.39, 0.29) is 5.43 Å². The van der Waals surface area contributed by atoms with Crippen LogP contribution in [0.3, 0.4) is 0 Å². The van der Waals surface area contributed by atoms with Crippen molar-refractivity contribution < 1.29 is 14.1 Å². The van der Waals surface area contributed by atoms with Crippen LogP contribution >= 0.6 is 0 Å². The van der Waals surface area contributed by atoms with Crippen molar-refractivity contribution in [3.05, 3.63) is 63.7 Å². The molecule has 3 heterocycles. The fourth-order valence-electron chi connectivity index (χ4n) is 3.69. The third-order valence-electron chi connectivity index (χ3n) is 5.46. The van der Waals surface area contributed by atoms with E-state index in [9.17, 15) is 4.79 Å². The minimum Gasteiger partial charge on any atom is -0.382 e. The predicted octanol–water partition coefficient (Wildman–Crippen LogP) is 2.40. The van der Waals surface area contributed by atoms with E-state index in [2.05, 4.69) is 33.1 Å². The summed E-state index contributed by atoms with van der Waals surface area (Å²) in [6, 6.07) is 7.55. The highest BCUT2D eigenvalue weighted by molar-refractivity contribution is 5.79. The maximum Gasteiger partial charge on any atom is 0.205 e. The van der Waals surface area contributed by atoms with Gasteiger partial charge in [0.2, 0.25) is 5.43 Å². The topological polar surface area (TPSA) is 89.8 Å². The normalized spacial score (nSPS) is 16.7. The Labute approximate surface area is 193 Å². The standard InChI is InChI=1S/C24H31N6O3/c1-30(2)16-21(14-27-30)29-9-7-24(31)23(28-29)15-26-20-4-5-22-19(13-20)12-18(6-8-25-22)17-33-11-10-32-3/h4-5,7-9,12-13,16,26-27H,6,10-11,14-15,17H2,1-3H3/q+1. The van der Waals surface area contributed by atoms with Crippen LogP contribution < -0.4 is 16.2 Å². The molecule has 174 valence electrons. The lowest BCUT2D eigenvalue weighted by Gasteiger charge is -2.17. The van der Waals surface area contributed by atoms with E-state index < -0.39 is 0 Å². The Hall–Kier alpha value is -3.11. The Bertz CT molecular complexity index is 1150. The zero-order chi connectivity index (χ0) is 23.3. The highest BCUT2D eigenvalue weighted by Crippen LogP contribution is 2.28. The molecular weight excluding hydrogens is 420 g/mol. The second-order valence-electron chi connectivity index (χ2n) is 8.56. The van der Waals surface area contributed by atoms with Gasteiger partial charge in [0.25, 0.3) is 0 Å². The third kappa shape index (κ3) is 6.02. The number of ether oxygens (including phenoxy) is 2. The van der Waals surface area contributed by atoms with Gasteiger partial charge in [0.1, 0.15) is 17.6 Å². The summed E-state index contributed by atoms with van der Waals surface area (Å²) in [5, 5.41) is 7.90. The summed E-state index contributed by atoms with van der Waals surface area (Å²) in [6.07, 6.45) is 8.57. The molecule has 0 fully saturated rings. The smallest absolute Gasteiger partial charge is 0.205 e. The number of methoxy groups -OCH3 is 1. The summed E-state index contributed by atoms with van der Waals surface area (Å²) in [6.45, 7) is 2.69. The van der Waals surface area contributed by atoms with Crippen LogP contribution in [0.4, 0.5) is 11.4 Å². The third-order valence-corrected chi connectivity index (χ3v) is 5.46. The van der Waals surface area contributed by atoms with E-state index in [1.807, 2.05) is 38.5 Å². The number of fused-ring (bicyclic) bond motifs is 1. The summed E-state index contributed by atoms with van der Waals surface area (Å²) in [4.78, 5) is 17.0. The Kier molecular flexibility index (Phi) is 7.14. The molecule has 0 spiro atoms. The van der Waals surface area contributed by atoms with Crippen LogP contribution in [0.1, 0.15) is 17.7 Å². The van der Waals surface area contributed by atoms with Gasteiger partial charge in [-0.2, -0.15) is 10.5 Å². The van der Waals surface area contributed by atoms with Crippen molar-refractivity contribution in [3.8, 4) is 0 Å². The second kappa shape index (κ2) is 10.2. The molecule has 0 aliphatic carbocycles. The first-order valence-electron chi connectivity index (χ1n) is 11.0. The lowest BCUT2D eigenvalue weighted by Crippen LogP contribution is -2.42. The Morgan fingerprint density at radius 1 is 1.24 bits per heavy atom. The number of nitrogens with one attached hydrogen (secondary N) is 2. The summed E-state index contributed by atoms with van der Waals surface area (Å²) in [5.41, 5.74) is 8.71. The zero-order valence-electron chi connectivity index (χ0n) is 19.4. The Balaban J connectivity index is 1.47. The van der Waals surface area contributed by atoms with Crippen molar-refractivity contribution in [1.29, 1.82) is 0 Å². The lowest BCUT2D eigenvalue weighted by molar-refractivity contribution is -0.878. The molecule has 2 aliphatic rings. The fourth-order valence-corrected chi connectivity index (χ4v) is 3.69. The van der Waals surface area contributed by atoms with E-state index in [4.69, 9.17) is 9.47 Å². The molecule has 0 unspecified atom stereocenters. The second-order valence-corrected chi connectivity index (χ2v) is 8.56. The van der Waals surface area contributed by atoms with Crippen LogP contribution in [0.2, 0.25) is 0 Å². The lowest BCUT2D eigenvalue weighted by atomic mass is 10.1. The number of aromatic nitrogens is 2. The van der Waals surface area contributed by atoms with Gasteiger partial charge in [0.05, 0.1) is 52.7 Å². The molecule has 0 bridgehead atoms. The van der Waals surface area contributed by atoms with Crippen LogP contribution in [0.15, 0.2) is 52.0 Å². The van der Waals surface area contributed by atoms with Gasteiger partial charge in [-0.25, -0.2) is 9.27 Å². The molecular formula is C24H31N6O3+. The largest absolute Gasteiger partial charge is 0.382 e. The van der Waals surface area contributed by atoms with Gasteiger partial charge in [-0.1, -0.05) is 6.08 Å². The fraction of sp³-hybridized carbons (Fsp3) is 0.375. The average molecular weight is 452 g/mol. The van der Waals surface area contributed by atoms with Crippen LogP contribution in [0.25, 0.3) is 11.8 Å². The number of rotatable bonds is 9. The van der Waals surface area contributed by atoms with Crippen LogP contribution in [-0.2, 0) is 16.0 Å². The van der Waals surface area contributed by atoms with Gasteiger partial charge in [-0.3, -0.25) is 9.79 Å². The highest BCUT2D eigenvalue weighted by atomic mass is 16.5. The monoisotopic (exact) mass is 451 g/mol. The SMILES string of the molecule is COCCOCC1=Cc2cc(NCc3nn(C4=C[N+](C)(C)NC4)ccc3=O)ccc2N=CC1. The van der Waals surface area contributed by atoms with Gasteiger partial charge >= 0.3 is 0 Å². The molecule has 9 nitrogen and oxygen atoms in total. The predicted molar refractivity (Wildman–Crippen MR) is 130 cm³/mol. The number of nitrogens with zero attached hydrogens (tertiary/aromatic N) is 4. The van der Waals surface area contributed by atoms with E-state index in [1.54, 1.807) is 24.1 Å². The number of benzene rings is 1. The van der Waals surface area contributed by atoms with E-state index in [1.165, 1.54) is 0 Å². The van der Waals surface area contributed by atoms with Crippen molar-refractivity contribution in [2.75, 3.05) is 52.9 Å². The van der Waals surface area contributed by atoms with E-state index in [0.29, 0.717) is 43.2 Å². The van der Waals surface area contributed by atoms with Crippen molar-refractivity contribution in [2.24, 2.45) is 4.99 Å². The van der Waals surface area contributed by atoms with Gasteiger partial charge in [0.15, 0.2) is 0 Å². The van der Waals surface area contributed by atoms with Gasteiger partial charge in [0, 0.05) is 43.3 Å². The highest BCUT2D eigenvalue weighted by Gasteiger charge is 2.23. The Morgan fingerprint density at radius 3 is 2.91 bits per heavy atom. The maximum atomic E-state index is 12.4. The molecule has 2 aliphatic heterocycles. The number of anilines is 1. The van der Waals surface area contributed by atoms with Gasteiger partial charge in [-0.05, 0) is 23.8 Å². The molecule has 0 saturated heterocycles. The average Bonchev–Trinajstić information content (AvgIpc) is 3.04. The van der Waals surface area contributed by atoms with Crippen molar-refractivity contribution in [2.45, 2.75) is 13.0 Å². The molecule has 0 radical (unpaired) electrons. The molecule has 2 aromatic rings. The van der Waals surface area contributed by atoms with E-state index >= 15 is 0 Å². The zero-order valence-corrected chi connectivity index (χ0v) is 19.4. The molecule has 1 aromatic heterocycles. The summed E-state index contributed by atoms with van der Waals surface area (Å²) >= 11 is 0. The molecule has 0 saturated carbocycles. The number of aliphatic imine (C=N–C) groups is 1. The number of hydrogen-bond acceptors (Lipinski definition) is 7. The quantitative estimate of drug-likeness (QED) is 0.450. The molecule has 9 heteroatoms. The summed E-state index contributed by atoms with van der Waals surface area (Å²) < 4.78 is 13.0. The Morgan fingerprint density at radius 2 is 2.12 bits per heavy atom. The first kappa shape index (κ1) is 23.1. The molecule has 0 amide bonds. The van der Waals surface area contributed by atoms with Crippen LogP contribution in [-0.4, -0.2) is 68.2 Å². The first-order chi connectivity index (χ1) is 15.9. The maximum absolute atomic E-state index is 12.4. The van der Waals surface area contributed by atoms with Crippen LogP contribution in [0.5, 0.6) is 0 Å². The van der Waals surface area contributed by atoms with Crippen molar-refractivity contribution in [1.82, 2.24) is 15.2 Å². The first-order valence-corrected chi connectivity index (χ1v) is 11.0. The number of quaternary nitrogens is 1. The molecule has 1 aromatic carbocycles. The molecule has 4 rings (SSSR count). The number of hydrogen-bond donors (Lipinski definition) is 2. The van der Waals surface area contributed by atoms with Gasteiger partial charge < -0.3 is 14.8 Å². The minimum atomic E-state index is -0.0891. The molecule has 2 N–H and O–H groups in total. The molecule has 33 heavy (non-hydrogen) atoms. The van der Waals surface area contributed by atoms with E-state index in [0.717, 1.165) is 34.6 Å². The summed E-state index contributed by atoms with van der Waals surface area (Å²) in [7, 11) is 5.76. The van der Waals surface area contributed by atoms with Crippen molar-refractivity contribution in [3.63, 3.8) is 0 Å². The minimum absolute atomic E-state index is 0.0891. The summed E-state index contributed by atoms with van der Waals surface area (Å²) in [5.74, 6) is 0. The van der Waals surface area contributed by atoms with Gasteiger partial charge in [-0.15, -0.1) is 0 Å².